The summed E-state index contributed by atoms with van der Waals surface area (Å²) in [4.78, 5) is 14.5. The Morgan fingerprint density at radius 3 is 3.05 bits per heavy atom. The highest BCUT2D eigenvalue weighted by Crippen LogP contribution is 2.26. The summed E-state index contributed by atoms with van der Waals surface area (Å²) in [6, 6.07) is 4.11. The van der Waals surface area contributed by atoms with E-state index in [1.165, 1.54) is 11.3 Å². The van der Waals surface area contributed by atoms with Crippen LogP contribution in [0.15, 0.2) is 30.2 Å². The predicted molar refractivity (Wildman–Crippen MR) is 87.4 cm³/mol. The Hall–Kier alpha value is -2.05. The summed E-state index contributed by atoms with van der Waals surface area (Å²) in [5.41, 5.74) is 2.50. The molecule has 1 aliphatic heterocycles. The zero-order valence-electron chi connectivity index (χ0n) is 12.1. The van der Waals surface area contributed by atoms with Crippen LogP contribution in [-0.4, -0.2) is 26.1 Å². The summed E-state index contributed by atoms with van der Waals surface area (Å²) in [6.07, 6.45) is 10.8. The number of ether oxygens (including phenoxy) is 1. The average Bonchev–Trinajstić information content (AvgIpc) is 3.23. The second-order valence-electron chi connectivity index (χ2n) is 5.25. The van der Waals surface area contributed by atoms with Crippen LogP contribution in [-0.2, 0) is 4.74 Å². The first-order valence-corrected chi connectivity index (χ1v) is 8.30. The highest BCUT2D eigenvalue weighted by atomic mass is 32.1. The van der Waals surface area contributed by atoms with Gasteiger partial charge in [-0.1, -0.05) is 6.07 Å². The first kappa shape index (κ1) is 13.6. The maximum absolute atomic E-state index is 5.84. The van der Waals surface area contributed by atoms with Gasteiger partial charge >= 0.3 is 0 Å². The summed E-state index contributed by atoms with van der Waals surface area (Å²) < 4.78 is 7.86. The monoisotopic (exact) mass is 312 g/mol. The van der Waals surface area contributed by atoms with Gasteiger partial charge in [0.15, 0.2) is 5.65 Å². The Bertz CT molecular complexity index is 788. The van der Waals surface area contributed by atoms with E-state index in [2.05, 4.69) is 32.5 Å². The molecule has 0 saturated carbocycles. The molecule has 4 rings (SSSR count). The molecule has 6 heteroatoms. The van der Waals surface area contributed by atoms with Gasteiger partial charge in [-0.05, 0) is 42.9 Å². The molecule has 0 bridgehead atoms. The first-order valence-electron chi connectivity index (χ1n) is 7.42. The van der Waals surface area contributed by atoms with Gasteiger partial charge in [0.2, 0.25) is 0 Å². The Morgan fingerprint density at radius 2 is 2.23 bits per heavy atom. The van der Waals surface area contributed by atoms with Gasteiger partial charge in [-0.15, -0.1) is 11.3 Å². The molecule has 1 atom stereocenters. The molecule has 0 radical (unpaired) electrons. The summed E-state index contributed by atoms with van der Waals surface area (Å²) in [7, 11) is 0. The molecule has 4 heterocycles. The maximum Gasteiger partial charge on any atom is 0.165 e. The Kier molecular flexibility index (Phi) is 3.70. The zero-order chi connectivity index (χ0) is 14.8. The largest absolute Gasteiger partial charge is 0.358 e. The smallest absolute Gasteiger partial charge is 0.165 e. The highest BCUT2D eigenvalue weighted by molar-refractivity contribution is 7.10. The van der Waals surface area contributed by atoms with Crippen molar-refractivity contribution in [2.45, 2.75) is 25.5 Å². The highest BCUT2D eigenvalue weighted by Gasteiger charge is 2.19. The van der Waals surface area contributed by atoms with Crippen LogP contribution in [0.2, 0.25) is 0 Å². The van der Waals surface area contributed by atoms with E-state index in [1.54, 1.807) is 17.7 Å². The van der Waals surface area contributed by atoms with E-state index in [-0.39, 0.29) is 6.23 Å². The van der Waals surface area contributed by atoms with E-state index in [9.17, 15) is 0 Å². The van der Waals surface area contributed by atoms with Crippen LogP contribution in [0.25, 0.3) is 23.3 Å². The van der Waals surface area contributed by atoms with Gasteiger partial charge in [0.1, 0.15) is 18.1 Å². The molecule has 0 N–H and O–H groups in total. The number of rotatable bonds is 3. The lowest BCUT2D eigenvalue weighted by Crippen LogP contribution is -2.17. The van der Waals surface area contributed by atoms with E-state index in [1.807, 2.05) is 23.0 Å². The summed E-state index contributed by atoms with van der Waals surface area (Å²) in [5, 5.41) is 2.06. The molecule has 0 amide bonds. The van der Waals surface area contributed by atoms with Crippen LogP contribution in [0.1, 0.15) is 36.1 Å². The second-order valence-corrected chi connectivity index (χ2v) is 6.23. The fourth-order valence-electron chi connectivity index (χ4n) is 2.69. The van der Waals surface area contributed by atoms with Gasteiger partial charge in [-0.25, -0.2) is 15.0 Å². The van der Waals surface area contributed by atoms with Crippen molar-refractivity contribution in [3.05, 3.63) is 40.7 Å². The fourth-order valence-corrected chi connectivity index (χ4v) is 3.31. The molecule has 22 heavy (non-hydrogen) atoms. The van der Waals surface area contributed by atoms with Gasteiger partial charge < -0.3 is 4.74 Å². The van der Waals surface area contributed by atoms with Gasteiger partial charge in [-0.3, -0.25) is 4.57 Å². The minimum absolute atomic E-state index is 0.0442. The van der Waals surface area contributed by atoms with E-state index >= 15 is 0 Å². The van der Waals surface area contributed by atoms with E-state index in [0.29, 0.717) is 0 Å². The molecule has 1 unspecified atom stereocenters. The molecule has 1 aliphatic rings. The SMILES string of the molecule is C(=C\c1ncnc2c1ncn2C1CCCCO1)/c1cccs1. The van der Waals surface area contributed by atoms with Crippen molar-refractivity contribution in [2.24, 2.45) is 0 Å². The Balaban J connectivity index is 1.70. The summed E-state index contributed by atoms with van der Waals surface area (Å²) in [5.74, 6) is 0. The number of aromatic nitrogens is 4. The van der Waals surface area contributed by atoms with Crippen molar-refractivity contribution in [1.82, 2.24) is 19.5 Å². The van der Waals surface area contributed by atoms with Crippen LogP contribution in [0.3, 0.4) is 0 Å². The Morgan fingerprint density at radius 1 is 1.23 bits per heavy atom. The fraction of sp³-hybridized carbons (Fsp3) is 0.312. The number of imidazole rings is 1. The van der Waals surface area contributed by atoms with E-state index in [0.717, 1.165) is 36.3 Å². The zero-order valence-corrected chi connectivity index (χ0v) is 12.9. The third kappa shape index (κ3) is 2.55. The Labute approximate surface area is 132 Å². The topological polar surface area (TPSA) is 52.8 Å². The third-order valence-electron chi connectivity index (χ3n) is 3.80. The number of nitrogens with zero attached hydrogens (tertiary/aromatic N) is 4. The molecule has 3 aromatic rings. The van der Waals surface area contributed by atoms with Gasteiger partial charge in [-0.2, -0.15) is 0 Å². The van der Waals surface area contributed by atoms with Gasteiger partial charge in [0.25, 0.3) is 0 Å². The lowest BCUT2D eigenvalue weighted by molar-refractivity contribution is -0.0298. The normalized spacial score (nSPS) is 19.2. The number of fused-ring (bicyclic) bond motifs is 1. The average molecular weight is 312 g/mol. The molecular formula is C16H16N4OS. The first-order chi connectivity index (χ1) is 10.9. The van der Waals surface area contributed by atoms with Crippen LogP contribution in [0.5, 0.6) is 0 Å². The minimum Gasteiger partial charge on any atom is -0.358 e. The summed E-state index contributed by atoms with van der Waals surface area (Å²) >= 11 is 1.70. The molecule has 3 aromatic heterocycles. The maximum atomic E-state index is 5.84. The van der Waals surface area contributed by atoms with Crippen LogP contribution in [0, 0.1) is 0 Å². The molecule has 0 spiro atoms. The summed E-state index contributed by atoms with van der Waals surface area (Å²) in [6.45, 7) is 0.806. The van der Waals surface area contributed by atoms with Crippen molar-refractivity contribution < 1.29 is 4.74 Å². The van der Waals surface area contributed by atoms with Gasteiger partial charge in [0.05, 0.1) is 12.0 Å². The van der Waals surface area contributed by atoms with Crippen molar-refractivity contribution in [1.29, 1.82) is 0 Å². The molecule has 1 fully saturated rings. The third-order valence-corrected chi connectivity index (χ3v) is 4.64. The van der Waals surface area contributed by atoms with Crippen molar-refractivity contribution >= 4 is 34.7 Å². The second kappa shape index (κ2) is 5.98. The molecule has 0 aliphatic carbocycles. The van der Waals surface area contributed by atoms with Crippen LogP contribution in [0.4, 0.5) is 0 Å². The number of hydrogen-bond acceptors (Lipinski definition) is 5. The van der Waals surface area contributed by atoms with Gasteiger partial charge in [0, 0.05) is 11.5 Å². The minimum atomic E-state index is 0.0442. The lowest BCUT2D eigenvalue weighted by atomic mass is 10.2. The molecule has 1 saturated heterocycles. The van der Waals surface area contributed by atoms with E-state index < -0.39 is 0 Å². The lowest BCUT2D eigenvalue weighted by Gasteiger charge is -2.23. The van der Waals surface area contributed by atoms with Crippen molar-refractivity contribution in [3.63, 3.8) is 0 Å². The van der Waals surface area contributed by atoms with Crippen LogP contribution >= 0.6 is 11.3 Å². The molecular weight excluding hydrogens is 296 g/mol. The predicted octanol–water partition coefficient (Wildman–Crippen LogP) is 3.76. The quantitative estimate of drug-likeness (QED) is 0.739. The number of hydrogen-bond donors (Lipinski definition) is 0. The van der Waals surface area contributed by atoms with E-state index in [4.69, 9.17) is 4.74 Å². The molecule has 0 aromatic carbocycles. The van der Waals surface area contributed by atoms with Crippen LogP contribution < -0.4 is 0 Å². The van der Waals surface area contributed by atoms with Crippen molar-refractivity contribution in [3.8, 4) is 0 Å². The van der Waals surface area contributed by atoms with Crippen molar-refractivity contribution in [2.75, 3.05) is 6.61 Å². The molecule has 112 valence electrons. The standard InChI is InChI=1S/C16H16N4OS/c1-2-8-21-14(5-1)20-11-19-15-13(17-10-18-16(15)20)7-6-12-4-3-9-22-12/h3-4,6-7,9-11,14H,1-2,5,8H2/b7-6+. The number of thiophene rings is 1. The molecule has 5 nitrogen and oxygen atoms in total.